The van der Waals surface area contributed by atoms with Gasteiger partial charge in [-0.25, -0.2) is 8.42 Å². The number of sulfone groups is 1. The van der Waals surface area contributed by atoms with Gasteiger partial charge in [0.15, 0.2) is 9.84 Å². The lowest BCUT2D eigenvalue weighted by Crippen LogP contribution is -2.37. The lowest BCUT2D eigenvalue weighted by molar-refractivity contribution is 0.115. The molecule has 0 aliphatic heterocycles. The SMILES string of the molecule is C[C@@H]1[C@H](O)CC(Sc2ccccc2)=C[C@H]1S(=O)(=O)c1ccccc1. The van der Waals surface area contributed by atoms with Crippen molar-refractivity contribution in [3.63, 3.8) is 0 Å². The van der Waals surface area contributed by atoms with Crippen molar-refractivity contribution in [2.75, 3.05) is 0 Å². The van der Waals surface area contributed by atoms with Crippen molar-refractivity contribution in [3.8, 4) is 0 Å². The largest absolute Gasteiger partial charge is 0.392 e. The average molecular weight is 361 g/mol. The minimum Gasteiger partial charge on any atom is -0.392 e. The van der Waals surface area contributed by atoms with E-state index >= 15 is 0 Å². The summed E-state index contributed by atoms with van der Waals surface area (Å²) in [6.45, 7) is 1.80. The molecule has 0 bridgehead atoms. The zero-order valence-corrected chi connectivity index (χ0v) is 15.0. The summed E-state index contributed by atoms with van der Waals surface area (Å²) in [7, 11) is -3.52. The molecule has 24 heavy (non-hydrogen) atoms. The van der Waals surface area contributed by atoms with Crippen molar-refractivity contribution in [3.05, 3.63) is 71.6 Å². The van der Waals surface area contributed by atoms with Gasteiger partial charge in [-0.15, -0.1) is 0 Å². The van der Waals surface area contributed by atoms with Crippen LogP contribution in [0.4, 0.5) is 0 Å². The van der Waals surface area contributed by atoms with Gasteiger partial charge in [0.25, 0.3) is 0 Å². The number of aliphatic hydroxyl groups excluding tert-OH is 1. The van der Waals surface area contributed by atoms with Crippen LogP contribution in [-0.2, 0) is 9.84 Å². The number of thioether (sulfide) groups is 1. The van der Waals surface area contributed by atoms with Crippen LogP contribution >= 0.6 is 11.8 Å². The summed E-state index contributed by atoms with van der Waals surface area (Å²) in [4.78, 5) is 2.24. The van der Waals surface area contributed by atoms with E-state index in [1.165, 1.54) is 11.8 Å². The molecule has 0 saturated heterocycles. The van der Waals surface area contributed by atoms with Crippen LogP contribution in [0.1, 0.15) is 13.3 Å². The second-order valence-corrected chi connectivity index (χ2v) is 9.31. The fourth-order valence-electron chi connectivity index (χ4n) is 2.87. The van der Waals surface area contributed by atoms with E-state index in [-0.39, 0.29) is 5.92 Å². The summed E-state index contributed by atoms with van der Waals surface area (Å²) in [5.41, 5.74) is 0. The third kappa shape index (κ3) is 3.58. The van der Waals surface area contributed by atoms with E-state index in [2.05, 4.69) is 0 Å². The molecular formula is C19H20O3S2. The number of benzene rings is 2. The highest BCUT2D eigenvalue weighted by molar-refractivity contribution is 8.03. The van der Waals surface area contributed by atoms with Crippen LogP contribution in [0, 0.1) is 5.92 Å². The second kappa shape index (κ2) is 7.13. The third-order valence-electron chi connectivity index (χ3n) is 4.31. The Morgan fingerprint density at radius 3 is 2.21 bits per heavy atom. The van der Waals surface area contributed by atoms with Gasteiger partial charge in [-0.05, 0) is 29.2 Å². The molecule has 1 aliphatic carbocycles. The average Bonchev–Trinajstić information content (AvgIpc) is 2.59. The first-order valence-corrected chi connectivity index (χ1v) is 10.3. The summed E-state index contributed by atoms with van der Waals surface area (Å²) in [6, 6.07) is 18.3. The van der Waals surface area contributed by atoms with Crippen molar-refractivity contribution >= 4 is 21.6 Å². The van der Waals surface area contributed by atoms with Crippen LogP contribution in [-0.4, -0.2) is 24.9 Å². The summed E-state index contributed by atoms with van der Waals surface area (Å²) in [5, 5.41) is 9.68. The van der Waals surface area contributed by atoms with Gasteiger partial charge in [0.2, 0.25) is 0 Å². The molecule has 2 aromatic carbocycles. The van der Waals surface area contributed by atoms with Crippen molar-refractivity contribution in [2.45, 2.75) is 34.5 Å². The fourth-order valence-corrected chi connectivity index (χ4v) is 5.96. The molecule has 0 fully saturated rings. The van der Waals surface area contributed by atoms with Crippen LogP contribution in [0.5, 0.6) is 0 Å². The zero-order chi connectivity index (χ0) is 17.2. The van der Waals surface area contributed by atoms with E-state index in [1.54, 1.807) is 37.3 Å². The Hall–Kier alpha value is -1.56. The van der Waals surface area contributed by atoms with Gasteiger partial charge in [-0.1, -0.05) is 61.2 Å². The molecule has 3 rings (SSSR count). The molecule has 1 aliphatic rings. The van der Waals surface area contributed by atoms with Gasteiger partial charge in [0.1, 0.15) is 0 Å². The smallest absolute Gasteiger partial charge is 0.185 e. The van der Waals surface area contributed by atoms with Crippen molar-refractivity contribution in [2.24, 2.45) is 5.92 Å². The lowest BCUT2D eigenvalue weighted by Gasteiger charge is -2.31. The van der Waals surface area contributed by atoms with Crippen LogP contribution in [0.2, 0.25) is 0 Å². The van der Waals surface area contributed by atoms with E-state index < -0.39 is 21.2 Å². The van der Waals surface area contributed by atoms with Crippen molar-refractivity contribution in [1.82, 2.24) is 0 Å². The predicted octanol–water partition coefficient (Wildman–Crippen LogP) is 3.91. The molecule has 126 valence electrons. The van der Waals surface area contributed by atoms with Gasteiger partial charge < -0.3 is 5.11 Å². The first-order chi connectivity index (χ1) is 11.5. The van der Waals surface area contributed by atoms with Gasteiger partial charge in [0.05, 0.1) is 16.2 Å². The van der Waals surface area contributed by atoms with Crippen molar-refractivity contribution in [1.29, 1.82) is 0 Å². The second-order valence-electron chi connectivity index (χ2n) is 6.00. The Morgan fingerprint density at radius 2 is 1.58 bits per heavy atom. The summed E-state index contributed by atoms with van der Waals surface area (Å²) in [5.74, 6) is -0.338. The summed E-state index contributed by atoms with van der Waals surface area (Å²) < 4.78 is 26.0. The Labute approximate surface area is 147 Å². The summed E-state index contributed by atoms with van der Waals surface area (Å²) >= 11 is 1.52. The molecule has 0 heterocycles. The first-order valence-electron chi connectivity index (χ1n) is 7.89. The molecule has 0 unspecified atom stereocenters. The Bertz CT molecular complexity index is 814. The van der Waals surface area contributed by atoms with E-state index in [0.717, 1.165) is 9.80 Å². The van der Waals surface area contributed by atoms with Crippen LogP contribution in [0.15, 0.2) is 81.4 Å². The summed E-state index contributed by atoms with van der Waals surface area (Å²) in [6.07, 6.45) is 1.64. The maximum atomic E-state index is 13.0. The molecule has 0 spiro atoms. The van der Waals surface area contributed by atoms with E-state index in [0.29, 0.717) is 11.3 Å². The van der Waals surface area contributed by atoms with Crippen LogP contribution in [0.25, 0.3) is 0 Å². The standard InChI is InChI=1S/C19H20O3S2/c1-14-18(20)12-16(23-15-8-4-2-5-9-15)13-19(14)24(21,22)17-10-6-3-7-11-17/h2-11,13-14,18-20H,12H2,1H3/t14-,18-,19-/m1/s1. The van der Waals surface area contributed by atoms with Gasteiger partial charge in [0, 0.05) is 17.2 Å². The van der Waals surface area contributed by atoms with E-state index in [9.17, 15) is 13.5 Å². The minimum atomic E-state index is -3.52. The molecule has 3 nitrogen and oxygen atoms in total. The quantitative estimate of drug-likeness (QED) is 0.898. The molecule has 0 radical (unpaired) electrons. The molecular weight excluding hydrogens is 340 g/mol. The number of hydrogen-bond donors (Lipinski definition) is 1. The molecule has 5 heteroatoms. The zero-order valence-electron chi connectivity index (χ0n) is 13.4. The van der Waals surface area contributed by atoms with E-state index in [1.807, 2.05) is 36.4 Å². The van der Waals surface area contributed by atoms with Gasteiger partial charge in [-0.2, -0.15) is 0 Å². The third-order valence-corrected chi connectivity index (χ3v) is 7.59. The Balaban J connectivity index is 1.94. The Kier molecular flexibility index (Phi) is 5.13. The monoisotopic (exact) mass is 360 g/mol. The number of aliphatic hydroxyl groups is 1. The van der Waals surface area contributed by atoms with Crippen LogP contribution in [0.3, 0.4) is 0 Å². The maximum Gasteiger partial charge on any atom is 0.185 e. The lowest BCUT2D eigenvalue weighted by atomic mass is 9.92. The van der Waals surface area contributed by atoms with Crippen LogP contribution < -0.4 is 0 Å². The molecule has 1 N–H and O–H groups in total. The predicted molar refractivity (Wildman–Crippen MR) is 97.6 cm³/mol. The number of hydrogen-bond acceptors (Lipinski definition) is 4. The van der Waals surface area contributed by atoms with Crippen molar-refractivity contribution < 1.29 is 13.5 Å². The minimum absolute atomic E-state index is 0.302. The highest BCUT2D eigenvalue weighted by Crippen LogP contribution is 2.39. The normalized spacial score (nSPS) is 24.4. The molecule has 0 aromatic heterocycles. The van der Waals surface area contributed by atoms with Gasteiger partial charge in [-0.3, -0.25) is 0 Å². The fraction of sp³-hybridized carbons (Fsp3) is 0.263. The highest BCUT2D eigenvalue weighted by Gasteiger charge is 2.38. The molecule has 0 amide bonds. The Morgan fingerprint density at radius 1 is 1.00 bits per heavy atom. The topological polar surface area (TPSA) is 54.4 Å². The molecule has 3 atom stereocenters. The maximum absolute atomic E-state index is 13.0. The first kappa shape index (κ1) is 17.3. The molecule has 2 aromatic rings. The highest BCUT2D eigenvalue weighted by atomic mass is 32.2. The molecule has 0 saturated carbocycles. The number of rotatable bonds is 4. The van der Waals surface area contributed by atoms with E-state index in [4.69, 9.17) is 0 Å². The van der Waals surface area contributed by atoms with Gasteiger partial charge >= 0.3 is 0 Å².